The van der Waals surface area contributed by atoms with Crippen LogP contribution in [0.4, 0.5) is 13.2 Å². The van der Waals surface area contributed by atoms with Crippen molar-refractivity contribution < 1.29 is 22.4 Å². The number of aromatic nitrogens is 3. The summed E-state index contributed by atoms with van der Waals surface area (Å²) in [6, 6.07) is 3.89. The molecule has 10 heteroatoms. The second-order valence-corrected chi connectivity index (χ2v) is 7.33. The number of piperidine rings is 1. The van der Waals surface area contributed by atoms with E-state index in [1.54, 1.807) is 11.0 Å². The van der Waals surface area contributed by atoms with Crippen LogP contribution in [0, 0.1) is 0 Å². The second kappa shape index (κ2) is 7.37. The van der Waals surface area contributed by atoms with Gasteiger partial charge in [0.25, 0.3) is 5.91 Å². The Hall–Kier alpha value is -2.55. The Morgan fingerprint density at radius 2 is 2.17 bits per heavy atom. The van der Waals surface area contributed by atoms with E-state index in [0.29, 0.717) is 11.1 Å². The molecule has 0 N–H and O–H groups in total. The van der Waals surface area contributed by atoms with Gasteiger partial charge in [0.05, 0.1) is 6.26 Å². The van der Waals surface area contributed by atoms with Crippen LogP contribution in [-0.2, 0) is 6.18 Å². The van der Waals surface area contributed by atoms with Crippen molar-refractivity contribution in [3.05, 3.63) is 40.9 Å². The zero-order chi connectivity index (χ0) is 20.8. The molecule has 1 aliphatic rings. The second-order valence-electron chi connectivity index (χ2n) is 6.96. The van der Waals surface area contributed by atoms with Gasteiger partial charge in [-0.2, -0.15) is 18.3 Å². The first kappa shape index (κ1) is 19.8. The lowest BCUT2D eigenvalue weighted by Crippen LogP contribution is -2.43. The molecule has 0 saturated carbocycles. The van der Waals surface area contributed by atoms with Gasteiger partial charge in [0, 0.05) is 12.6 Å². The molecule has 4 heterocycles. The van der Waals surface area contributed by atoms with E-state index < -0.39 is 17.8 Å². The molecular weight excluding hydrogens is 409 g/mol. The molecule has 0 radical (unpaired) electrons. The minimum absolute atomic E-state index is 0.0193. The molecule has 0 aliphatic carbocycles. The van der Waals surface area contributed by atoms with E-state index in [1.807, 2.05) is 6.92 Å². The molecule has 29 heavy (non-hydrogen) atoms. The fourth-order valence-electron chi connectivity index (χ4n) is 3.71. The average Bonchev–Trinajstić information content (AvgIpc) is 3.34. The molecule has 0 spiro atoms. The van der Waals surface area contributed by atoms with Gasteiger partial charge in [0.1, 0.15) is 10.7 Å². The van der Waals surface area contributed by atoms with Crippen LogP contribution in [0.15, 0.2) is 28.9 Å². The Bertz CT molecular complexity index is 1050. The summed E-state index contributed by atoms with van der Waals surface area (Å²) in [5.41, 5.74) is -1.58. The molecular formula is C19H18ClF3N4O2. The third kappa shape index (κ3) is 3.48. The molecule has 4 rings (SSSR count). The van der Waals surface area contributed by atoms with Gasteiger partial charge in [0.2, 0.25) is 0 Å². The zero-order valence-corrected chi connectivity index (χ0v) is 16.3. The number of rotatable bonds is 3. The highest BCUT2D eigenvalue weighted by molar-refractivity contribution is 6.36. The summed E-state index contributed by atoms with van der Waals surface area (Å²) in [7, 11) is 0. The highest BCUT2D eigenvalue weighted by atomic mass is 35.5. The molecule has 6 nitrogen and oxygen atoms in total. The lowest BCUT2D eigenvalue weighted by Gasteiger charge is -2.34. The first-order chi connectivity index (χ1) is 13.8. The van der Waals surface area contributed by atoms with E-state index in [2.05, 4.69) is 10.1 Å². The summed E-state index contributed by atoms with van der Waals surface area (Å²) < 4.78 is 46.9. The normalized spacial score (nSPS) is 17.8. The molecule has 1 amide bonds. The van der Waals surface area contributed by atoms with E-state index in [4.69, 9.17) is 16.0 Å². The van der Waals surface area contributed by atoms with Gasteiger partial charge >= 0.3 is 6.18 Å². The molecule has 154 valence electrons. The smallest absolute Gasteiger partial charge is 0.433 e. The lowest BCUT2D eigenvalue weighted by atomic mass is 9.99. The van der Waals surface area contributed by atoms with Crippen molar-refractivity contribution in [2.24, 2.45) is 0 Å². The van der Waals surface area contributed by atoms with E-state index in [1.165, 1.54) is 12.3 Å². The van der Waals surface area contributed by atoms with Crippen LogP contribution < -0.4 is 0 Å². The van der Waals surface area contributed by atoms with Crippen molar-refractivity contribution in [3.8, 4) is 11.5 Å². The number of alkyl halides is 3. The van der Waals surface area contributed by atoms with Gasteiger partial charge in [-0.3, -0.25) is 4.79 Å². The Kier molecular flexibility index (Phi) is 5.02. The summed E-state index contributed by atoms with van der Waals surface area (Å²) in [5.74, 6) is -0.315. The summed E-state index contributed by atoms with van der Waals surface area (Å²) in [6.45, 7) is 2.50. The van der Waals surface area contributed by atoms with E-state index in [0.717, 1.165) is 31.7 Å². The lowest BCUT2D eigenvalue weighted by molar-refractivity contribution is -0.142. The number of nitrogens with zero attached hydrogens (tertiary/aromatic N) is 4. The molecule has 3 aromatic heterocycles. The Morgan fingerprint density at radius 3 is 2.83 bits per heavy atom. The number of amides is 1. The van der Waals surface area contributed by atoms with Crippen LogP contribution in [0.1, 0.15) is 48.8 Å². The fourth-order valence-corrected chi connectivity index (χ4v) is 3.95. The van der Waals surface area contributed by atoms with Crippen LogP contribution in [-0.4, -0.2) is 38.0 Å². The number of carbonyl (C=O) groups excluding carboxylic acids is 1. The predicted octanol–water partition coefficient (Wildman–Crippen LogP) is 5.07. The Morgan fingerprint density at radius 1 is 1.38 bits per heavy atom. The van der Waals surface area contributed by atoms with Crippen molar-refractivity contribution >= 4 is 23.2 Å². The van der Waals surface area contributed by atoms with E-state index >= 15 is 0 Å². The molecule has 0 bridgehead atoms. The van der Waals surface area contributed by atoms with Crippen LogP contribution in [0.25, 0.3) is 17.1 Å². The number of carbonyl (C=O) groups is 1. The molecule has 1 aliphatic heterocycles. The molecule has 1 unspecified atom stereocenters. The number of hydrogen-bond donors (Lipinski definition) is 0. The third-order valence-electron chi connectivity index (χ3n) is 5.16. The number of fused-ring (bicyclic) bond motifs is 1. The zero-order valence-electron chi connectivity index (χ0n) is 15.5. The highest BCUT2D eigenvalue weighted by Crippen LogP contribution is 2.35. The third-order valence-corrected chi connectivity index (χ3v) is 5.51. The van der Waals surface area contributed by atoms with Gasteiger partial charge in [-0.1, -0.05) is 18.5 Å². The number of hydrogen-bond acceptors (Lipinski definition) is 4. The van der Waals surface area contributed by atoms with Crippen molar-refractivity contribution in [3.63, 3.8) is 0 Å². The largest absolute Gasteiger partial charge is 0.463 e. The maximum atomic E-state index is 13.7. The van der Waals surface area contributed by atoms with Gasteiger partial charge in [-0.05, 0) is 43.9 Å². The van der Waals surface area contributed by atoms with Gasteiger partial charge in [0.15, 0.2) is 22.8 Å². The van der Waals surface area contributed by atoms with Crippen LogP contribution in [0.2, 0.25) is 5.02 Å². The van der Waals surface area contributed by atoms with Gasteiger partial charge in [-0.25, -0.2) is 9.50 Å². The first-order valence-corrected chi connectivity index (χ1v) is 9.70. The fraction of sp³-hybridized carbons (Fsp3) is 0.421. The average molecular weight is 427 g/mol. The van der Waals surface area contributed by atoms with Crippen LogP contribution in [0.5, 0.6) is 0 Å². The molecule has 1 saturated heterocycles. The van der Waals surface area contributed by atoms with Crippen molar-refractivity contribution in [1.82, 2.24) is 19.5 Å². The number of furan rings is 1. The standard InChI is InChI=1S/C19H18ClF3N4O2/c1-2-11-6-3-4-8-26(11)18(28)16-15(20)17-24-12(13-7-5-9-29-13)10-14(19(21,22)23)27(17)25-16/h5,7,9-11H,2-4,6,8H2,1H3. The minimum Gasteiger partial charge on any atom is -0.463 e. The van der Waals surface area contributed by atoms with Gasteiger partial charge in [-0.15, -0.1) is 0 Å². The first-order valence-electron chi connectivity index (χ1n) is 9.32. The van der Waals surface area contributed by atoms with E-state index in [9.17, 15) is 18.0 Å². The van der Waals surface area contributed by atoms with E-state index in [-0.39, 0.29) is 33.9 Å². The highest BCUT2D eigenvalue weighted by Gasteiger charge is 2.38. The Labute approximate surface area is 169 Å². The van der Waals surface area contributed by atoms with Crippen molar-refractivity contribution in [1.29, 1.82) is 0 Å². The predicted molar refractivity (Wildman–Crippen MR) is 99.7 cm³/mol. The summed E-state index contributed by atoms with van der Waals surface area (Å²) >= 11 is 6.33. The van der Waals surface area contributed by atoms with Crippen LogP contribution >= 0.6 is 11.6 Å². The quantitative estimate of drug-likeness (QED) is 0.586. The maximum Gasteiger partial charge on any atom is 0.433 e. The molecule has 1 atom stereocenters. The van der Waals surface area contributed by atoms with Crippen molar-refractivity contribution in [2.45, 2.75) is 44.8 Å². The number of halogens is 4. The van der Waals surface area contributed by atoms with Gasteiger partial charge < -0.3 is 9.32 Å². The topological polar surface area (TPSA) is 63.6 Å². The SMILES string of the molecule is CCC1CCCCN1C(=O)c1nn2c(C(F)(F)F)cc(-c3ccco3)nc2c1Cl. The summed E-state index contributed by atoms with van der Waals surface area (Å²) in [5, 5.41) is 3.73. The molecule has 1 fully saturated rings. The maximum absolute atomic E-state index is 13.7. The van der Waals surface area contributed by atoms with Crippen LogP contribution in [0.3, 0.4) is 0 Å². The Balaban J connectivity index is 1.87. The van der Waals surface area contributed by atoms with Crippen molar-refractivity contribution in [2.75, 3.05) is 6.54 Å². The monoisotopic (exact) mass is 426 g/mol. The minimum atomic E-state index is -4.73. The summed E-state index contributed by atoms with van der Waals surface area (Å²) in [4.78, 5) is 18.9. The molecule has 3 aromatic rings. The summed E-state index contributed by atoms with van der Waals surface area (Å²) in [6.07, 6.45) is 0.0562. The number of likely N-dealkylation sites (tertiary alicyclic amines) is 1. The molecule has 0 aromatic carbocycles.